The van der Waals surface area contributed by atoms with Gasteiger partial charge >= 0.3 is 6.09 Å². The van der Waals surface area contributed by atoms with Crippen LogP contribution in [0, 0.1) is 5.41 Å². The Balaban J connectivity index is 1.86. The minimum atomic E-state index is -0.424. The quantitative estimate of drug-likeness (QED) is 0.810. The number of hydrogen-bond acceptors (Lipinski definition) is 4. The molecule has 1 amide bonds. The third-order valence-electron chi connectivity index (χ3n) is 4.70. The van der Waals surface area contributed by atoms with Gasteiger partial charge in [-0.15, -0.1) is 0 Å². The molecule has 0 aromatic rings. The Morgan fingerprint density at radius 3 is 2.55 bits per heavy atom. The van der Waals surface area contributed by atoms with E-state index in [0.717, 1.165) is 58.3 Å². The van der Waals surface area contributed by atoms with Crippen LogP contribution in [-0.4, -0.2) is 49.1 Å². The van der Waals surface area contributed by atoms with Gasteiger partial charge in [0.25, 0.3) is 0 Å². The van der Waals surface area contributed by atoms with Crippen molar-refractivity contribution in [3.63, 3.8) is 0 Å². The summed E-state index contributed by atoms with van der Waals surface area (Å²) >= 11 is 0. The molecular weight excluding hydrogens is 280 g/mol. The molecular formula is C17H32N2O3. The molecule has 0 aliphatic carbocycles. The van der Waals surface area contributed by atoms with Crippen LogP contribution in [0.2, 0.25) is 0 Å². The van der Waals surface area contributed by atoms with Crippen molar-refractivity contribution in [2.45, 2.75) is 71.6 Å². The third-order valence-corrected chi connectivity index (χ3v) is 4.70. The Bertz CT molecular complexity index is 371. The van der Waals surface area contributed by atoms with Gasteiger partial charge < -0.3 is 14.4 Å². The molecule has 2 saturated heterocycles. The molecule has 1 spiro atoms. The minimum Gasteiger partial charge on any atom is -0.444 e. The van der Waals surface area contributed by atoms with Gasteiger partial charge in [0.15, 0.2) is 0 Å². The van der Waals surface area contributed by atoms with E-state index in [1.165, 1.54) is 0 Å². The number of likely N-dealkylation sites (tertiary alicyclic amines) is 1. The number of carbonyl (C=O) groups is 1. The van der Waals surface area contributed by atoms with Crippen LogP contribution in [0.25, 0.3) is 0 Å². The van der Waals surface area contributed by atoms with Gasteiger partial charge in [0.1, 0.15) is 11.8 Å². The molecule has 0 saturated carbocycles. The molecule has 2 heterocycles. The SMILES string of the molecule is CCCCOC1NCCC12CCN(C(=O)OC(C)(C)C)CC2. The Labute approximate surface area is 134 Å². The number of nitrogens with zero attached hydrogens (tertiary/aromatic N) is 1. The average molecular weight is 312 g/mol. The molecule has 22 heavy (non-hydrogen) atoms. The summed E-state index contributed by atoms with van der Waals surface area (Å²) in [5.41, 5.74) is -0.223. The number of nitrogens with one attached hydrogen (secondary N) is 1. The van der Waals surface area contributed by atoms with Crippen molar-refractivity contribution in [1.29, 1.82) is 0 Å². The van der Waals surface area contributed by atoms with Gasteiger partial charge in [0.2, 0.25) is 0 Å². The van der Waals surface area contributed by atoms with Crippen LogP contribution in [0.5, 0.6) is 0 Å². The van der Waals surface area contributed by atoms with Crippen molar-refractivity contribution in [3.8, 4) is 0 Å². The first-order valence-electron chi connectivity index (χ1n) is 8.69. The maximum absolute atomic E-state index is 12.2. The fourth-order valence-corrected chi connectivity index (χ4v) is 3.35. The summed E-state index contributed by atoms with van der Waals surface area (Å²) in [7, 11) is 0. The van der Waals surface area contributed by atoms with Gasteiger partial charge in [-0.1, -0.05) is 13.3 Å². The molecule has 0 aromatic carbocycles. The average Bonchev–Trinajstić information content (AvgIpc) is 2.81. The number of unbranched alkanes of at least 4 members (excludes halogenated alkanes) is 1. The minimum absolute atomic E-state index is 0.153. The smallest absolute Gasteiger partial charge is 0.410 e. The first-order chi connectivity index (χ1) is 10.4. The Morgan fingerprint density at radius 2 is 1.95 bits per heavy atom. The zero-order valence-electron chi connectivity index (χ0n) is 14.6. The summed E-state index contributed by atoms with van der Waals surface area (Å²) in [5.74, 6) is 0. The Morgan fingerprint density at radius 1 is 1.27 bits per heavy atom. The molecule has 0 radical (unpaired) electrons. The lowest BCUT2D eigenvalue weighted by Gasteiger charge is -2.42. The molecule has 5 heteroatoms. The number of carbonyl (C=O) groups excluding carboxylic acids is 1. The van der Waals surface area contributed by atoms with E-state index in [9.17, 15) is 4.79 Å². The second-order valence-electron chi connectivity index (χ2n) is 7.64. The van der Waals surface area contributed by atoms with Crippen LogP contribution in [0.4, 0.5) is 4.79 Å². The fourth-order valence-electron chi connectivity index (χ4n) is 3.35. The Hall–Kier alpha value is -0.810. The van der Waals surface area contributed by atoms with Gasteiger partial charge in [-0.25, -0.2) is 4.79 Å². The lowest BCUT2D eigenvalue weighted by atomic mass is 9.76. The number of amides is 1. The van der Waals surface area contributed by atoms with E-state index < -0.39 is 5.60 Å². The number of rotatable bonds is 4. The van der Waals surface area contributed by atoms with E-state index in [-0.39, 0.29) is 17.7 Å². The normalized spacial score (nSPS) is 24.7. The first kappa shape index (κ1) is 17.5. The molecule has 2 rings (SSSR count). The lowest BCUT2D eigenvalue weighted by molar-refractivity contribution is -0.0643. The molecule has 2 aliphatic rings. The maximum atomic E-state index is 12.2. The number of piperidine rings is 1. The molecule has 0 bridgehead atoms. The van der Waals surface area contributed by atoms with Crippen molar-refractivity contribution < 1.29 is 14.3 Å². The number of ether oxygens (including phenoxy) is 2. The van der Waals surface area contributed by atoms with Crippen LogP contribution in [-0.2, 0) is 9.47 Å². The second kappa shape index (κ2) is 7.18. The molecule has 5 nitrogen and oxygen atoms in total. The van der Waals surface area contributed by atoms with Gasteiger partial charge in [-0.05, 0) is 53.0 Å². The summed E-state index contributed by atoms with van der Waals surface area (Å²) in [6.07, 6.45) is 5.37. The van der Waals surface area contributed by atoms with Crippen LogP contribution < -0.4 is 5.32 Å². The van der Waals surface area contributed by atoms with Crippen molar-refractivity contribution in [2.75, 3.05) is 26.2 Å². The van der Waals surface area contributed by atoms with Crippen LogP contribution in [0.1, 0.15) is 59.8 Å². The predicted octanol–water partition coefficient (Wildman–Crippen LogP) is 3.14. The highest BCUT2D eigenvalue weighted by molar-refractivity contribution is 5.68. The van der Waals surface area contributed by atoms with Crippen LogP contribution in [0.3, 0.4) is 0 Å². The zero-order chi connectivity index (χ0) is 16.2. The van der Waals surface area contributed by atoms with E-state index in [1.54, 1.807) is 0 Å². The summed E-state index contributed by atoms with van der Waals surface area (Å²) in [4.78, 5) is 14.0. The topological polar surface area (TPSA) is 50.8 Å². The van der Waals surface area contributed by atoms with Gasteiger partial charge in [0.05, 0.1) is 0 Å². The van der Waals surface area contributed by atoms with E-state index in [2.05, 4.69) is 12.2 Å². The molecule has 2 fully saturated rings. The van der Waals surface area contributed by atoms with E-state index in [0.29, 0.717) is 0 Å². The molecule has 1 N–H and O–H groups in total. The molecule has 2 aliphatic heterocycles. The molecule has 128 valence electrons. The standard InChI is InChI=1S/C17H32N2O3/c1-5-6-13-21-14-17(7-10-18-14)8-11-19(12-9-17)15(20)22-16(2,3)4/h14,18H,5-13H2,1-4H3. The highest BCUT2D eigenvalue weighted by Gasteiger charge is 2.46. The summed E-state index contributed by atoms with van der Waals surface area (Å²) in [6, 6.07) is 0. The van der Waals surface area contributed by atoms with Crippen LogP contribution in [0.15, 0.2) is 0 Å². The summed E-state index contributed by atoms with van der Waals surface area (Å²) in [5, 5.41) is 3.50. The highest BCUT2D eigenvalue weighted by Crippen LogP contribution is 2.42. The largest absolute Gasteiger partial charge is 0.444 e. The van der Waals surface area contributed by atoms with Crippen molar-refractivity contribution in [3.05, 3.63) is 0 Å². The highest BCUT2D eigenvalue weighted by atomic mass is 16.6. The first-order valence-corrected chi connectivity index (χ1v) is 8.69. The summed E-state index contributed by atoms with van der Waals surface area (Å²) in [6.45, 7) is 11.3. The number of hydrogen-bond donors (Lipinski definition) is 1. The molecule has 1 atom stereocenters. The molecule has 0 aromatic heterocycles. The van der Waals surface area contributed by atoms with Gasteiger partial charge in [-0.2, -0.15) is 0 Å². The monoisotopic (exact) mass is 312 g/mol. The van der Waals surface area contributed by atoms with E-state index >= 15 is 0 Å². The lowest BCUT2D eigenvalue weighted by Crippen LogP contribution is -2.49. The zero-order valence-corrected chi connectivity index (χ0v) is 14.6. The van der Waals surface area contributed by atoms with Gasteiger partial charge in [0, 0.05) is 25.1 Å². The summed E-state index contributed by atoms with van der Waals surface area (Å²) < 4.78 is 11.5. The maximum Gasteiger partial charge on any atom is 0.410 e. The Kier molecular flexibility index (Phi) is 5.72. The second-order valence-corrected chi connectivity index (χ2v) is 7.64. The van der Waals surface area contributed by atoms with Crippen molar-refractivity contribution >= 4 is 6.09 Å². The van der Waals surface area contributed by atoms with Crippen molar-refractivity contribution in [2.24, 2.45) is 5.41 Å². The van der Waals surface area contributed by atoms with Crippen LogP contribution >= 0.6 is 0 Å². The van der Waals surface area contributed by atoms with E-state index in [1.807, 2.05) is 25.7 Å². The van der Waals surface area contributed by atoms with Gasteiger partial charge in [-0.3, -0.25) is 5.32 Å². The van der Waals surface area contributed by atoms with E-state index in [4.69, 9.17) is 9.47 Å². The molecule has 1 unspecified atom stereocenters. The van der Waals surface area contributed by atoms with Crippen molar-refractivity contribution in [1.82, 2.24) is 10.2 Å². The fraction of sp³-hybridized carbons (Fsp3) is 0.941. The third kappa shape index (κ3) is 4.35. The predicted molar refractivity (Wildman–Crippen MR) is 86.7 cm³/mol.